The summed E-state index contributed by atoms with van der Waals surface area (Å²) in [5.41, 5.74) is -1.03. The molecule has 0 aromatic carbocycles. The van der Waals surface area contributed by atoms with Gasteiger partial charge in [0.05, 0.1) is 0 Å². The fourth-order valence-electron chi connectivity index (χ4n) is 5.95. The molecule has 0 aromatic rings. The predicted molar refractivity (Wildman–Crippen MR) is 110 cm³/mol. The van der Waals surface area contributed by atoms with E-state index in [1.807, 2.05) is 13.8 Å². The maximum absolute atomic E-state index is 13.1. The summed E-state index contributed by atoms with van der Waals surface area (Å²) < 4.78 is 5.15. The van der Waals surface area contributed by atoms with Crippen LogP contribution in [0.15, 0.2) is 0 Å². The van der Waals surface area contributed by atoms with E-state index in [2.05, 4.69) is 26.1 Å². The van der Waals surface area contributed by atoms with Gasteiger partial charge >= 0.3 is 12.0 Å². The second-order valence-electron chi connectivity index (χ2n) is 10.3. The molecule has 3 aliphatic rings. The third-order valence-corrected chi connectivity index (χ3v) is 6.75. The zero-order valence-corrected chi connectivity index (χ0v) is 18.8. The molecule has 1 aliphatic carbocycles. The van der Waals surface area contributed by atoms with Gasteiger partial charge < -0.3 is 15.0 Å². The first-order valence-electron chi connectivity index (χ1n) is 11.0. The predicted octanol–water partition coefficient (Wildman–Crippen LogP) is 2.46. The summed E-state index contributed by atoms with van der Waals surface area (Å²) in [6.45, 7) is 9.41. The zero-order chi connectivity index (χ0) is 22.3. The summed E-state index contributed by atoms with van der Waals surface area (Å²) in [7, 11) is 0. The van der Waals surface area contributed by atoms with Crippen LogP contribution in [-0.2, 0) is 19.1 Å². The summed E-state index contributed by atoms with van der Waals surface area (Å²) in [6.07, 6.45) is 5.04. The summed E-state index contributed by atoms with van der Waals surface area (Å²) in [6, 6.07) is -0.337. The molecule has 0 radical (unpaired) electrons. The van der Waals surface area contributed by atoms with Crippen molar-refractivity contribution in [1.29, 1.82) is 0 Å². The fourth-order valence-corrected chi connectivity index (χ4v) is 5.95. The molecule has 3 fully saturated rings. The van der Waals surface area contributed by atoms with Crippen LogP contribution >= 0.6 is 0 Å². The number of carbonyl (C=O) groups is 4. The zero-order valence-electron chi connectivity index (χ0n) is 18.8. The number of nitrogens with zero attached hydrogens (tertiary/aromatic N) is 2. The Morgan fingerprint density at radius 1 is 1.10 bits per heavy atom. The lowest BCUT2D eigenvalue weighted by molar-refractivity contribution is -0.156. The summed E-state index contributed by atoms with van der Waals surface area (Å²) in [4.78, 5) is 53.2. The molecule has 2 aliphatic heterocycles. The molecule has 2 heterocycles. The number of esters is 1. The first-order chi connectivity index (χ1) is 13.9. The minimum absolute atomic E-state index is 0.0780. The largest absolute Gasteiger partial charge is 0.454 e. The van der Waals surface area contributed by atoms with Crippen molar-refractivity contribution in [3.8, 4) is 0 Å². The van der Waals surface area contributed by atoms with Crippen molar-refractivity contribution in [1.82, 2.24) is 15.1 Å². The summed E-state index contributed by atoms with van der Waals surface area (Å²) in [5.74, 6) is -1.06. The molecule has 4 amide bonds. The average molecular weight is 422 g/mol. The van der Waals surface area contributed by atoms with Gasteiger partial charge in [-0.1, -0.05) is 20.8 Å². The van der Waals surface area contributed by atoms with Gasteiger partial charge in [0.1, 0.15) is 12.1 Å². The Balaban J connectivity index is 1.58. The number of nitrogens with one attached hydrogen (secondary N) is 1. The average Bonchev–Trinajstić information content (AvgIpc) is 2.81. The maximum atomic E-state index is 13.1. The lowest BCUT2D eigenvalue weighted by atomic mass is 9.64. The van der Waals surface area contributed by atoms with Gasteiger partial charge in [-0.3, -0.25) is 19.3 Å². The van der Waals surface area contributed by atoms with Crippen molar-refractivity contribution in [3.05, 3.63) is 0 Å². The fraction of sp³-hybridized carbons (Fsp3) is 0.818. The maximum Gasteiger partial charge on any atom is 0.326 e. The minimum Gasteiger partial charge on any atom is -0.454 e. The van der Waals surface area contributed by atoms with Gasteiger partial charge in [-0.2, -0.15) is 0 Å². The Bertz CT molecular complexity index is 726. The number of ether oxygens (including phenoxy) is 1. The van der Waals surface area contributed by atoms with Crippen LogP contribution in [0.4, 0.5) is 4.79 Å². The van der Waals surface area contributed by atoms with Gasteiger partial charge in [-0.05, 0) is 63.7 Å². The number of imide groups is 1. The number of likely N-dealkylation sites (tertiary alicyclic amines) is 1. The smallest absolute Gasteiger partial charge is 0.326 e. The lowest BCUT2D eigenvalue weighted by Crippen LogP contribution is -2.54. The second kappa shape index (κ2) is 8.19. The highest BCUT2D eigenvalue weighted by Crippen LogP contribution is 2.46. The highest BCUT2D eigenvalue weighted by molar-refractivity contribution is 6.08. The van der Waals surface area contributed by atoms with Crippen LogP contribution in [0.2, 0.25) is 0 Å². The van der Waals surface area contributed by atoms with E-state index in [9.17, 15) is 19.2 Å². The van der Waals surface area contributed by atoms with E-state index in [1.165, 1.54) is 0 Å². The summed E-state index contributed by atoms with van der Waals surface area (Å²) in [5, 5.41) is 2.84. The molecule has 0 aromatic heterocycles. The lowest BCUT2D eigenvalue weighted by Gasteiger charge is -2.43. The van der Waals surface area contributed by atoms with Crippen LogP contribution in [0.25, 0.3) is 0 Å². The first-order valence-corrected chi connectivity index (χ1v) is 11.0. The number of hydrogen-bond acceptors (Lipinski definition) is 5. The van der Waals surface area contributed by atoms with Gasteiger partial charge in [0, 0.05) is 12.1 Å². The van der Waals surface area contributed by atoms with Crippen molar-refractivity contribution in [2.75, 3.05) is 13.2 Å². The molecule has 168 valence electrons. The number of carbonyl (C=O) groups excluding carboxylic acids is 4. The Labute approximate surface area is 178 Å². The van der Waals surface area contributed by atoms with Crippen LogP contribution in [-0.4, -0.2) is 64.4 Å². The quantitative estimate of drug-likeness (QED) is 0.556. The SMILES string of the molecule is C[C@@H]1CC(C)(C)C[C@]2(C1)NC(=O)N(CC(=O)OCC(=O)N1[C@H](C)CCC[C@@H]1C)C2=O. The molecule has 2 saturated heterocycles. The first kappa shape index (κ1) is 22.6. The Kier molecular flexibility index (Phi) is 6.16. The molecule has 1 saturated carbocycles. The van der Waals surface area contributed by atoms with Crippen molar-refractivity contribution in [2.24, 2.45) is 11.3 Å². The molecular weight excluding hydrogens is 386 g/mol. The molecule has 4 atom stereocenters. The van der Waals surface area contributed by atoms with Crippen molar-refractivity contribution in [3.63, 3.8) is 0 Å². The minimum atomic E-state index is -0.951. The number of urea groups is 1. The van der Waals surface area contributed by atoms with E-state index in [1.54, 1.807) is 4.90 Å². The van der Waals surface area contributed by atoms with E-state index >= 15 is 0 Å². The van der Waals surface area contributed by atoms with Crippen molar-refractivity contribution >= 4 is 23.8 Å². The van der Waals surface area contributed by atoms with Crippen molar-refractivity contribution < 1.29 is 23.9 Å². The highest BCUT2D eigenvalue weighted by atomic mass is 16.5. The number of hydrogen-bond donors (Lipinski definition) is 1. The molecule has 3 rings (SSSR count). The van der Waals surface area contributed by atoms with Crippen LogP contribution < -0.4 is 5.32 Å². The molecule has 30 heavy (non-hydrogen) atoms. The van der Waals surface area contributed by atoms with E-state index < -0.39 is 24.1 Å². The third-order valence-electron chi connectivity index (χ3n) is 6.75. The molecule has 0 unspecified atom stereocenters. The van der Waals surface area contributed by atoms with Gasteiger partial charge in [0.25, 0.3) is 11.8 Å². The molecule has 8 nitrogen and oxygen atoms in total. The third kappa shape index (κ3) is 4.47. The molecule has 1 spiro atoms. The van der Waals surface area contributed by atoms with Crippen LogP contribution in [0.5, 0.6) is 0 Å². The molecule has 1 N–H and O–H groups in total. The second-order valence-corrected chi connectivity index (χ2v) is 10.3. The van der Waals surface area contributed by atoms with E-state index in [4.69, 9.17) is 4.74 Å². The standard InChI is InChI=1S/C22H35N3O5/c1-14-9-21(4,5)13-22(10-14)19(28)24(20(29)23-22)11-18(27)30-12-17(26)25-15(2)7-6-8-16(25)3/h14-16H,6-13H2,1-5H3,(H,23,29)/t14-,15-,16+,22+/m1/s1. The Morgan fingerprint density at radius 2 is 1.73 bits per heavy atom. The Hall–Kier alpha value is -2.12. The monoisotopic (exact) mass is 421 g/mol. The Morgan fingerprint density at radius 3 is 2.33 bits per heavy atom. The van der Waals surface area contributed by atoms with Gasteiger partial charge in [-0.25, -0.2) is 4.79 Å². The topological polar surface area (TPSA) is 96.0 Å². The van der Waals surface area contributed by atoms with Crippen LogP contribution in [0, 0.1) is 11.3 Å². The van der Waals surface area contributed by atoms with Crippen molar-refractivity contribution in [2.45, 2.75) is 90.8 Å². The number of piperidine rings is 1. The summed E-state index contributed by atoms with van der Waals surface area (Å²) >= 11 is 0. The van der Waals surface area contributed by atoms with Gasteiger partial charge in [-0.15, -0.1) is 0 Å². The van der Waals surface area contributed by atoms with Crippen LogP contribution in [0.3, 0.4) is 0 Å². The van der Waals surface area contributed by atoms with Crippen LogP contribution in [0.1, 0.15) is 73.1 Å². The highest BCUT2D eigenvalue weighted by Gasteiger charge is 2.56. The van der Waals surface area contributed by atoms with Gasteiger partial charge in [0.2, 0.25) is 0 Å². The number of rotatable bonds is 4. The number of amides is 4. The normalized spacial score (nSPS) is 33.6. The molecular formula is C22H35N3O5. The molecule has 8 heteroatoms. The molecule has 0 bridgehead atoms. The van der Waals surface area contributed by atoms with Gasteiger partial charge in [0.15, 0.2) is 6.61 Å². The van der Waals surface area contributed by atoms with E-state index in [0.29, 0.717) is 12.8 Å². The van der Waals surface area contributed by atoms with E-state index in [-0.39, 0.29) is 41.8 Å². The van der Waals surface area contributed by atoms with E-state index in [0.717, 1.165) is 30.6 Å².